The average molecular weight is 650 g/mol. The predicted octanol–water partition coefficient (Wildman–Crippen LogP) is 6.45. The van der Waals surface area contributed by atoms with Crippen LogP contribution in [0, 0.1) is 10.1 Å². The molecule has 6 rings (SSSR count). The number of halogens is 3. The number of imidazole rings is 1. The minimum absolute atomic E-state index is 0.218. The fraction of sp³-hybridized carbons (Fsp3) is 0.324. The van der Waals surface area contributed by atoms with E-state index in [0.29, 0.717) is 31.7 Å². The molecule has 0 radical (unpaired) electrons. The van der Waals surface area contributed by atoms with Gasteiger partial charge in [-0.1, -0.05) is 30.3 Å². The molecular weight excluding hydrogens is 615 g/mol. The lowest BCUT2D eigenvalue weighted by Crippen LogP contribution is -2.45. The number of alkyl halides is 3. The predicted molar refractivity (Wildman–Crippen MR) is 170 cm³/mol. The monoisotopic (exact) mass is 649 g/mol. The zero-order valence-corrected chi connectivity index (χ0v) is 25.5. The van der Waals surface area contributed by atoms with Crippen LogP contribution in [0.5, 0.6) is 17.5 Å². The minimum Gasteiger partial charge on any atom is -0.490 e. The number of ether oxygens (including phenoxy) is 3. The van der Waals surface area contributed by atoms with Gasteiger partial charge < -0.3 is 29.2 Å². The SMILES string of the molecule is O=[N+]([O-])c1cn2c(n1)OC(COc1ccc(N3CCN(Cc4ccc(OCC=Cc5ccc(C(F)(F)F)cc5)cc4)CC3)cc1)CC2. The zero-order valence-electron chi connectivity index (χ0n) is 25.5. The van der Waals surface area contributed by atoms with Gasteiger partial charge in [0.05, 0.1) is 5.56 Å². The maximum atomic E-state index is 12.7. The molecule has 3 heterocycles. The van der Waals surface area contributed by atoms with E-state index in [1.165, 1.54) is 23.9 Å². The third kappa shape index (κ3) is 8.41. The molecule has 0 spiro atoms. The highest BCUT2D eigenvalue weighted by atomic mass is 19.4. The molecule has 1 aromatic heterocycles. The fourth-order valence-electron chi connectivity index (χ4n) is 5.50. The fourth-order valence-corrected chi connectivity index (χ4v) is 5.50. The van der Waals surface area contributed by atoms with Crippen molar-refractivity contribution in [2.75, 3.05) is 44.3 Å². The number of aryl methyl sites for hydroxylation is 1. The summed E-state index contributed by atoms with van der Waals surface area (Å²) in [6.45, 7) is 5.73. The molecule has 1 atom stereocenters. The summed E-state index contributed by atoms with van der Waals surface area (Å²) in [7, 11) is 0. The third-order valence-electron chi connectivity index (χ3n) is 8.11. The van der Waals surface area contributed by atoms with Gasteiger partial charge in [0.25, 0.3) is 0 Å². The Balaban J connectivity index is 0.895. The molecule has 2 aliphatic heterocycles. The van der Waals surface area contributed by atoms with Crippen molar-refractivity contribution in [2.45, 2.75) is 31.8 Å². The maximum absolute atomic E-state index is 12.7. The first kappa shape index (κ1) is 31.9. The number of benzene rings is 3. The number of anilines is 1. The number of nitro groups is 1. The summed E-state index contributed by atoms with van der Waals surface area (Å²) < 4.78 is 57.3. The van der Waals surface area contributed by atoms with Gasteiger partial charge in [0.2, 0.25) is 0 Å². The molecular formula is C34H34F3N5O5. The van der Waals surface area contributed by atoms with Crippen molar-refractivity contribution in [1.29, 1.82) is 0 Å². The number of nitrogens with zero attached hydrogens (tertiary/aromatic N) is 5. The average Bonchev–Trinajstić information content (AvgIpc) is 3.51. The van der Waals surface area contributed by atoms with Crippen LogP contribution in [-0.4, -0.2) is 64.9 Å². The quantitative estimate of drug-likeness (QED) is 0.135. The van der Waals surface area contributed by atoms with E-state index in [4.69, 9.17) is 14.2 Å². The number of aromatic nitrogens is 2. The highest BCUT2D eigenvalue weighted by Crippen LogP contribution is 2.29. The van der Waals surface area contributed by atoms with Gasteiger partial charge >= 0.3 is 18.0 Å². The summed E-state index contributed by atoms with van der Waals surface area (Å²) in [5.41, 5.74) is 2.34. The molecule has 0 bridgehead atoms. The summed E-state index contributed by atoms with van der Waals surface area (Å²) in [4.78, 5) is 19.1. The summed E-state index contributed by atoms with van der Waals surface area (Å²) in [5.74, 6) is 1.25. The van der Waals surface area contributed by atoms with E-state index in [1.807, 2.05) is 24.3 Å². The molecule has 0 amide bonds. The van der Waals surface area contributed by atoms with Crippen molar-refractivity contribution in [3.8, 4) is 17.5 Å². The van der Waals surface area contributed by atoms with E-state index in [2.05, 4.69) is 39.0 Å². The molecule has 2 aliphatic rings. The number of hydrogen-bond donors (Lipinski definition) is 0. The van der Waals surface area contributed by atoms with Crippen molar-refractivity contribution in [1.82, 2.24) is 14.5 Å². The molecule has 3 aromatic carbocycles. The molecule has 13 heteroatoms. The Bertz CT molecular complexity index is 1670. The summed E-state index contributed by atoms with van der Waals surface area (Å²) >= 11 is 0. The molecule has 1 saturated heterocycles. The van der Waals surface area contributed by atoms with Gasteiger partial charge in [-0.05, 0) is 70.7 Å². The molecule has 0 saturated carbocycles. The second-order valence-electron chi connectivity index (χ2n) is 11.4. The van der Waals surface area contributed by atoms with Gasteiger partial charge in [-0.15, -0.1) is 0 Å². The summed E-state index contributed by atoms with van der Waals surface area (Å²) in [6, 6.07) is 21.2. The Kier molecular flexibility index (Phi) is 9.62. The first-order chi connectivity index (χ1) is 22.7. The van der Waals surface area contributed by atoms with Crippen LogP contribution in [0.3, 0.4) is 0 Å². The largest absolute Gasteiger partial charge is 0.490 e. The third-order valence-corrected chi connectivity index (χ3v) is 8.11. The van der Waals surface area contributed by atoms with E-state index in [-0.39, 0.29) is 17.9 Å². The lowest BCUT2D eigenvalue weighted by Gasteiger charge is -2.36. The molecule has 10 nitrogen and oxygen atoms in total. The highest BCUT2D eigenvalue weighted by molar-refractivity contribution is 5.50. The van der Waals surface area contributed by atoms with Crippen LogP contribution in [0.15, 0.2) is 85.1 Å². The van der Waals surface area contributed by atoms with Crippen LogP contribution in [-0.2, 0) is 19.3 Å². The molecule has 246 valence electrons. The van der Waals surface area contributed by atoms with Crippen LogP contribution in [0.1, 0.15) is 23.1 Å². The molecule has 0 N–H and O–H groups in total. The lowest BCUT2D eigenvalue weighted by molar-refractivity contribution is -0.389. The van der Waals surface area contributed by atoms with Crippen molar-refractivity contribution >= 4 is 17.6 Å². The standard InChI is InChI=1S/C34H34F3N5O5/c35-34(36,37)27-7-3-25(4-8-27)2-1-21-45-29-11-5-26(6-12-29)22-39-17-19-40(20-18-39)28-9-13-30(14-10-28)46-24-31-15-16-41-23-32(42(43)44)38-33(41)47-31/h1-14,23,31H,15-22,24H2. The maximum Gasteiger partial charge on any atom is 0.416 e. The van der Waals surface area contributed by atoms with Crippen LogP contribution < -0.4 is 19.1 Å². The Morgan fingerprint density at radius 2 is 1.60 bits per heavy atom. The van der Waals surface area contributed by atoms with Crippen molar-refractivity contribution in [3.63, 3.8) is 0 Å². The lowest BCUT2D eigenvalue weighted by atomic mass is 10.1. The van der Waals surface area contributed by atoms with Crippen molar-refractivity contribution < 1.29 is 32.3 Å². The number of rotatable bonds is 11. The second kappa shape index (κ2) is 14.2. The van der Waals surface area contributed by atoms with Gasteiger partial charge in [0, 0.05) is 56.4 Å². The van der Waals surface area contributed by atoms with Gasteiger partial charge in [-0.2, -0.15) is 13.2 Å². The van der Waals surface area contributed by atoms with Crippen LogP contribution in [0.4, 0.5) is 24.7 Å². The van der Waals surface area contributed by atoms with Gasteiger partial charge in [0.1, 0.15) is 37.0 Å². The second-order valence-corrected chi connectivity index (χ2v) is 11.4. The summed E-state index contributed by atoms with van der Waals surface area (Å²) in [6.07, 6.45) is 1.01. The number of hydrogen-bond acceptors (Lipinski definition) is 8. The molecule has 0 aliphatic carbocycles. The van der Waals surface area contributed by atoms with E-state index in [1.54, 1.807) is 16.7 Å². The minimum atomic E-state index is -4.34. The normalized spacial score (nSPS) is 16.9. The van der Waals surface area contributed by atoms with E-state index < -0.39 is 16.7 Å². The van der Waals surface area contributed by atoms with E-state index >= 15 is 0 Å². The van der Waals surface area contributed by atoms with Gasteiger partial charge in [-0.25, -0.2) is 0 Å². The summed E-state index contributed by atoms with van der Waals surface area (Å²) in [5, 5.41) is 11.0. The molecule has 4 aromatic rings. The van der Waals surface area contributed by atoms with Gasteiger partial charge in [-0.3, -0.25) is 9.47 Å². The van der Waals surface area contributed by atoms with Crippen LogP contribution >= 0.6 is 0 Å². The van der Waals surface area contributed by atoms with Crippen molar-refractivity contribution in [2.24, 2.45) is 0 Å². The van der Waals surface area contributed by atoms with Crippen LogP contribution in [0.25, 0.3) is 6.08 Å². The number of piperazine rings is 1. The van der Waals surface area contributed by atoms with E-state index in [0.717, 1.165) is 62.0 Å². The van der Waals surface area contributed by atoms with E-state index in [9.17, 15) is 23.3 Å². The van der Waals surface area contributed by atoms with Gasteiger partial charge in [0.15, 0.2) is 0 Å². The molecule has 1 fully saturated rings. The van der Waals surface area contributed by atoms with Crippen LogP contribution in [0.2, 0.25) is 0 Å². The Morgan fingerprint density at radius 3 is 2.28 bits per heavy atom. The molecule has 47 heavy (non-hydrogen) atoms. The first-order valence-electron chi connectivity index (χ1n) is 15.3. The molecule has 1 unspecified atom stereocenters. The number of fused-ring (bicyclic) bond motifs is 1. The first-order valence-corrected chi connectivity index (χ1v) is 15.3. The Hall–Kier alpha value is -5.04. The van der Waals surface area contributed by atoms with Crippen molar-refractivity contribution in [3.05, 3.63) is 112 Å². The Labute approximate surface area is 269 Å². The smallest absolute Gasteiger partial charge is 0.416 e. The Morgan fingerprint density at radius 1 is 0.915 bits per heavy atom. The highest BCUT2D eigenvalue weighted by Gasteiger charge is 2.30. The zero-order chi connectivity index (χ0) is 32.8. The topological polar surface area (TPSA) is 95.1 Å².